The Morgan fingerprint density at radius 3 is 1.00 bits per heavy atom. The predicted octanol–water partition coefficient (Wildman–Crippen LogP) is 12.0. The Balaban J connectivity index is 4.33. The van der Waals surface area contributed by atoms with Crippen molar-refractivity contribution in [3.63, 3.8) is 0 Å². The fourth-order valence-corrected chi connectivity index (χ4v) is 5.17. The van der Waals surface area contributed by atoms with E-state index in [0.29, 0.717) is 12.8 Å². The van der Waals surface area contributed by atoms with Gasteiger partial charge in [-0.2, -0.15) is 0 Å². The molecule has 0 spiro atoms. The van der Waals surface area contributed by atoms with Crippen LogP contribution in [0.1, 0.15) is 130 Å². The van der Waals surface area contributed by atoms with Gasteiger partial charge in [0.05, 0.1) is 7.11 Å². The Bertz CT molecular complexity index is 1520. The van der Waals surface area contributed by atoms with E-state index in [1.54, 1.807) is 0 Å². The van der Waals surface area contributed by atoms with Crippen molar-refractivity contribution in [3.8, 4) is 0 Å². The third-order valence-corrected chi connectivity index (χ3v) is 8.54. The molecule has 0 aliphatic heterocycles. The minimum absolute atomic E-state index is 0.152. The lowest BCUT2D eigenvalue weighted by Crippen LogP contribution is -2.51. The van der Waals surface area contributed by atoms with Crippen molar-refractivity contribution in [2.45, 2.75) is 149 Å². The van der Waals surface area contributed by atoms with Gasteiger partial charge in [0.15, 0.2) is 6.04 Å². The first-order valence-electron chi connectivity index (χ1n) is 21.9. The van der Waals surface area contributed by atoms with Crippen molar-refractivity contribution in [1.82, 2.24) is 10.6 Å². The van der Waals surface area contributed by atoms with Gasteiger partial charge < -0.3 is 20.1 Å². The number of esters is 2. The lowest BCUT2D eigenvalue weighted by Gasteiger charge is -2.24. The Labute approximate surface area is 363 Å². The highest BCUT2D eigenvalue weighted by Crippen LogP contribution is 2.07. The maximum absolute atomic E-state index is 12.7. The second kappa shape index (κ2) is 41.9. The van der Waals surface area contributed by atoms with Gasteiger partial charge >= 0.3 is 11.9 Å². The average Bonchev–Trinajstić information content (AvgIpc) is 3.24. The summed E-state index contributed by atoms with van der Waals surface area (Å²) >= 11 is 0. The number of hydrogen-bond acceptors (Lipinski definition) is 6. The zero-order valence-electron chi connectivity index (χ0n) is 37.4. The van der Waals surface area contributed by atoms with Gasteiger partial charge in [-0.05, 0) is 104 Å². The molecule has 0 aliphatic rings. The van der Waals surface area contributed by atoms with Crippen LogP contribution in [0.2, 0.25) is 0 Å². The van der Waals surface area contributed by atoms with Crippen molar-refractivity contribution >= 4 is 23.8 Å². The van der Waals surface area contributed by atoms with Crippen LogP contribution in [0.3, 0.4) is 0 Å². The number of ether oxygens (including phenoxy) is 2. The molecule has 2 N–H and O–H groups in total. The van der Waals surface area contributed by atoms with Crippen molar-refractivity contribution in [3.05, 3.63) is 146 Å². The molecule has 2 amide bonds. The Morgan fingerprint density at radius 1 is 0.417 bits per heavy atom. The van der Waals surface area contributed by atoms with Crippen LogP contribution < -0.4 is 10.6 Å². The predicted molar refractivity (Wildman–Crippen MR) is 252 cm³/mol. The molecule has 3 atom stereocenters. The zero-order valence-corrected chi connectivity index (χ0v) is 37.4. The van der Waals surface area contributed by atoms with Crippen LogP contribution in [-0.2, 0) is 28.7 Å². The summed E-state index contributed by atoms with van der Waals surface area (Å²) < 4.78 is 10.3. The first-order chi connectivity index (χ1) is 29.3. The van der Waals surface area contributed by atoms with E-state index in [1.807, 2.05) is 24.3 Å². The van der Waals surface area contributed by atoms with Crippen molar-refractivity contribution in [2.75, 3.05) is 7.11 Å². The average molecular weight is 825 g/mol. The van der Waals surface area contributed by atoms with E-state index in [0.717, 1.165) is 77.0 Å². The van der Waals surface area contributed by atoms with Crippen molar-refractivity contribution in [1.29, 1.82) is 0 Å². The van der Waals surface area contributed by atoms with Gasteiger partial charge in [0.2, 0.25) is 11.8 Å². The van der Waals surface area contributed by atoms with Crippen LogP contribution in [0.15, 0.2) is 146 Å². The van der Waals surface area contributed by atoms with Gasteiger partial charge in [-0.25, -0.2) is 9.59 Å². The van der Waals surface area contributed by atoms with E-state index < -0.39 is 30.1 Å². The maximum atomic E-state index is 12.7. The number of hydrogen-bond donors (Lipinski definition) is 2. The number of allylic oxidation sites excluding steroid dienone is 24. The van der Waals surface area contributed by atoms with Crippen LogP contribution in [0.4, 0.5) is 0 Å². The van der Waals surface area contributed by atoms with Crippen LogP contribution in [0.25, 0.3) is 0 Å². The van der Waals surface area contributed by atoms with Crippen molar-refractivity contribution in [2.24, 2.45) is 0 Å². The van der Waals surface area contributed by atoms with Gasteiger partial charge in [-0.3, -0.25) is 9.59 Å². The topological polar surface area (TPSA) is 111 Å². The molecule has 0 saturated carbocycles. The van der Waals surface area contributed by atoms with E-state index >= 15 is 0 Å². The first-order valence-corrected chi connectivity index (χ1v) is 21.9. The molecule has 0 aliphatic carbocycles. The highest BCUT2D eigenvalue weighted by Gasteiger charge is 2.31. The van der Waals surface area contributed by atoms with Crippen LogP contribution in [-0.4, -0.2) is 49.1 Å². The van der Waals surface area contributed by atoms with Gasteiger partial charge in [0, 0.05) is 12.8 Å². The molecule has 0 rings (SSSR count). The number of amides is 2. The molecule has 0 radical (unpaired) electrons. The minimum atomic E-state index is -1.19. The summed E-state index contributed by atoms with van der Waals surface area (Å²) in [5.74, 6) is -2.11. The lowest BCUT2D eigenvalue weighted by molar-refractivity contribution is -0.159. The summed E-state index contributed by atoms with van der Waals surface area (Å²) in [6.45, 7) is 7.29. The van der Waals surface area contributed by atoms with E-state index in [4.69, 9.17) is 9.47 Å². The fraction of sp³-hybridized carbons (Fsp3) is 0.462. The lowest BCUT2D eigenvalue weighted by atomic mass is 10.1. The molecule has 0 aromatic carbocycles. The summed E-state index contributed by atoms with van der Waals surface area (Å²) in [5, 5.41) is 5.26. The Kier molecular flexibility index (Phi) is 38.2. The number of rotatable bonds is 34. The molecule has 0 saturated heterocycles. The normalized spacial score (nSPS) is 14.4. The number of carbonyl (C=O) groups excluding carboxylic acids is 4. The molecule has 0 aromatic heterocycles. The van der Waals surface area contributed by atoms with Crippen molar-refractivity contribution < 1.29 is 28.7 Å². The standard InChI is InChI=1S/C52H76N2O6/c1-6-8-10-12-14-16-18-20-22-24-26-28-30-32-34-36-38-40-42-44-48(55)53-46(3)51(57)60-47(4)50(52(58)59-5)54-49(56)45-43-41-39-37-35-33-31-29-27-25-23-21-19-17-15-13-11-9-7-2/h8-11,14-17,20-23,26-29,32-35,38-41,46-47,50H,6-7,12-13,18-19,24-25,30-31,36-37,42-45H2,1-5H3,(H,53,55)(H,54,56)/t46-,47+,50-/m0/s1. The first kappa shape index (κ1) is 54.8. The molecule has 0 fully saturated rings. The highest BCUT2D eigenvalue weighted by molar-refractivity contribution is 5.86. The third-order valence-electron chi connectivity index (χ3n) is 8.54. The molecular weight excluding hydrogens is 749 g/mol. The van der Waals surface area contributed by atoms with Crippen LogP contribution in [0.5, 0.6) is 0 Å². The molecule has 330 valence electrons. The van der Waals surface area contributed by atoms with Gasteiger partial charge in [-0.15, -0.1) is 0 Å². The van der Waals surface area contributed by atoms with Gasteiger partial charge in [-0.1, -0.05) is 160 Å². The summed E-state index contributed by atoms with van der Waals surface area (Å²) in [6.07, 6.45) is 62.6. The van der Waals surface area contributed by atoms with E-state index in [9.17, 15) is 19.2 Å². The number of carbonyl (C=O) groups is 4. The smallest absolute Gasteiger partial charge is 0.332 e. The van der Waals surface area contributed by atoms with Gasteiger partial charge in [0.25, 0.3) is 0 Å². The summed E-state index contributed by atoms with van der Waals surface area (Å²) in [6, 6.07) is -2.12. The summed E-state index contributed by atoms with van der Waals surface area (Å²) in [7, 11) is 1.20. The van der Waals surface area contributed by atoms with Gasteiger partial charge in [0.1, 0.15) is 12.1 Å². The quantitative estimate of drug-likeness (QED) is 0.0494. The molecule has 8 nitrogen and oxygen atoms in total. The molecular formula is C52H76N2O6. The monoisotopic (exact) mass is 825 g/mol. The third kappa shape index (κ3) is 35.9. The molecule has 0 unspecified atom stereocenters. The second-order valence-corrected chi connectivity index (χ2v) is 13.9. The number of nitrogens with one attached hydrogen (secondary N) is 2. The summed E-state index contributed by atoms with van der Waals surface area (Å²) in [4.78, 5) is 50.3. The Hall–Kier alpha value is -5.24. The zero-order chi connectivity index (χ0) is 44.2. The molecule has 8 heteroatoms. The summed E-state index contributed by atoms with van der Waals surface area (Å²) in [5.41, 5.74) is 0. The second-order valence-electron chi connectivity index (χ2n) is 13.9. The molecule has 0 bridgehead atoms. The minimum Gasteiger partial charge on any atom is -0.467 e. The largest absolute Gasteiger partial charge is 0.467 e. The molecule has 0 heterocycles. The van der Waals surface area contributed by atoms with Crippen LogP contribution in [0, 0.1) is 0 Å². The SMILES string of the molecule is CCC=CCC=CCC=CCC=CCC=CCC=CCCC(=O)N[C@@H](C)C(=O)O[C@H](C)[C@H](NC(=O)CCC=CCC=CCC=CCC=CCC=CCC=CCC)C(=O)OC. The fourth-order valence-electron chi connectivity index (χ4n) is 5.17. The van der Waals surface area contributed by atoms with Crippen LogP contribution >= 0.6 is 0 Å². The molecule has 60 heavy (non-hydrogen) atoms. The Morgan fingerprint density at radius 2 is 0.700 bits per heavy atom. The highest BCUT2D eigenvalue weighted by atomic mass is 16.6. The van der Waals surface area contributed by atoms with E-state index in [2.05, 4.69) is 146 Å². The number of methoxy groups -OCH3 is 1. The molecule has 0 aromatic rings. The maximum Gasteiger partial charge on any atom is 0.332 e. The van der Waals surface area contributed by atoms with E-state index in [1.165, 1.54) is 21.0 Å². The van der Waals surface area contributed by atoms with E-state index in [-0.39, 0.29) is 24.7 Å².